The monoisotopic (exact) mass is 311 g/mol. The Labute approximate surface area is 128 Å². The Morgan fingerprint density at radius 3 is 2.48 bits per heavy atom. The SMILES string of the molecule is CC[C@H](C)c1cc(S(=O)(=O)N2CCCCC2)ccc1OC. The van der Waals surface area contributed by atoms with E-state index in [1.54, 1.807) is 29.6 Å². The van der Waals surface area contributed by atoms with Gasteiger partial charge in [-0.3, -0.25) is 0 Å². The van der Waals surface area contributed by atoms with Crippen LogP contribution in [0.2, 0.25) is 0 Å². The van der Waals surface area contributed by atoms with E-state index in [1.165, 1.54) is 0 Å². The van der Waals surface area contributed by atoms with Crippen molar-refractivity contribution in [1.29, 1.82) is 0 Å². The summed E-state index contributed by atoms with van der Waals surface area (Å²) in [5.41, 5.74) is 0.970. The van der Waals surface area contributed by atoms with Crippen molar-refractivity contribution in [2.75, 3.05) is 20.2 Å². The maximum absolute atomic E-state index is 12.7. The van der Waals surface area contributed by atoms with Crippen LogP contribution in [0, 0.1) is 0 Å². The van der Waals surface area contributed by atoms with Gasteiger partial charge in [0.15, 0.2) is 0 Å². The molecule has 21 heavy (non-hydrogen) atoms. The first-order chi connectivity index (χ1) is 10.0. The Bertz CT molecular complexity index is 577. The Kier molecular flexibility index (Phi) is 5.27. The summed E-state index contributed by atoms with van der Waals surface area (Å²) in [6.07, 6.45) is 3.97. The predicted molar refractivity (Wildman–Crippen MR) is 84.3 cm³/mol. The molecule has 1 aliphatic rings. The largest absolute Gasteiger partial charge is 0.496 e. The van der Waals surface area contributed by atoms with Crippen LogP contribution in [0.15, 0.2) is 23.1 Å². The molecular weight excluding hydrogens is 286 g/mol. The van der Waals surface area contributed by atoms with Crippen LogP contribution in [0.1, 0.15) is 51.0 Å². The van der Waals surface area contributed by atoms with Gasteiger partial charge < -0.3 is 4.74 Å². The van der Waals surface area contributed by atoms with E-state index in [2.05, 4.69) is 13.8 Å². The van der Waals surface area contributed by atoms with E-state index in [0.29, 0.717) is 18.0 Å². The second kappa shape index (κ2) is 6.79. The molecule has 0 aromatic heterocycles. The number of hydrogen-bond donors (Lipinski definition) is 0. The Morgan fingerprint density at radius 1 is 1.24 bits per heavy atom. The molecule has 0 radical (unpaired) electrons. The van der Waals surface area contributed by atoms with Gasteiger partial charge >= 0.3 is 0 Å². The highest BCUT2D eigenvalue weighted by atomic mass is 32.2. The van der Waals surface area contributed by atoms with Crippen LogP contribution in [-0.2, 0) is 10.0 Å². The molecule has 2 rings (SSSR count). The lowest BCUT2D eigenvalue weighted by molar-refractivity contribution is 0.346. The van der Waals surface area contributed by atoms with E-state index in [1.807, 2.05) is 0 Å². The second-order valence-corrected chi connectivity index (χ2v) is 7.62. The fourth-order valence-electron chi connectivity index (χ4n) is 2.73. The van der Waals surface area contributed by atoms with Crippen molar-refractivity contribution in [3.63, 3.8) is 0 Å². The van der Waals surface area contributed by atoms with Gasteiger partial charge in [-0.25, -0.2) is 8.42 Å². The number of piperidine rings is 1. The third-order valence-corrected chi connectivity index (χ3v) is 6.19. The van der Waals surface area contributed by atoms with E-state index >= 15 is 0 Å². The van der Waals surface area contributed by atoms with E-state index in [0.717, 1.165) is 37.0 Å². The minimum Gasteiger partial charge on any atom is -0.496 e. The van der Waals surface area contributed by atoms with Gasteiger partial charge in [0.25, 0.3) is 0 Å². The first kappa shape index (κ1) is 16.3. The molecule has 1 aliphatic heterocycles. The zero-order valence-corrected chi connectivity index (χ0v) is 13.9. The smallest absolute Gasteiger partial charge is 0.243 e. The van der Waals surface area contributed by atoms with Crippen molar-refractivity contribution in [3.05, 3.63) is 23.8 Å². The van der Waals surface area contributed by atoms with Crippen molar-refractivity contribution in [2.45, 2.75) is 50.3 Å². The van der Waals surface area contributed by atoms with Gasteiger partial charge in [-0.2, -0.15) is 4.31 Å². The van der Waals surface area contributed by atoms with E-state index in [-0.39, 0.29) is 5.92 Å². The maximum atomic E-state index is 12.7. The lowest BCUT2D eigenvalue weighted by Crippen LogP contribution is -2.35. The average Bonchev–Trinajstić information content (AvgIpc) is 2.54. The van der Waals surface area contributed by atoms with Crippen molar-refractivity contribution in [1.82, 2.24) is 4.31 Å². The summed E-state index contributed by atoms with van der Waals surface area (Å²) in [5, 5.41) is 0. The van der Waals surface area contributed by atoms with Gasteiger partial charge in [0.1, 0.15) is 5.75 Å². The lowest BCUT2D eigenvalue weighted by atomic mass is 9.98. The number of benzene rings is 1. The number of nitrogens with zero attached hydrogens (tertiary/aromatic N) is 1. The molecule has 0 bridgehead atoms. The fraction of sp³-hybridized carbons (Fsp3) is 0.625. The number of methoxy groups -OCH3 is 1. The van der Waals surface area contributed by atoms with Crippen LogP contribution in [-0.4, -0.2) is 32.9 Å². The first-order valence-electron chi connectivity index (χ1n) is 7.68. The molecule has 4 nitrogen and oxygen atoms in total. The highest BCUT2D eigenvalue weighted by Gasteiger charge is 2.27. The summed E-state index contributed by atoms with van der Waals surface area (Å²) in [6.45, 7) is 5.45. The number of hydrogen-bond acceptors (Lipinski definition) is 3. The molecule has 0 unspecified atom stereocenters. The van der Waals surface area contributed by atoms with Gasteiger partial charge in [-0.15, -0.1) is 0 Å². The van der Waals surface area contributed by atoms with Crippen LogP contribution >= 0.6 is 0 Å². The first-order valence-corrected chi connectivity index (χ1v) is 9.12. The van der Waals surface area contributed by atoms with E-state index in [9.17, 15) is 8.42 Å². The fourth-order valence-corrected chi connectivity index (χ4v) is 4.29. The molecule has 0 spiro atoms. The summed E-state index contributed by atoms with van der Waals surface area (Å²) >= 11 is 0. The molecule has 1 saturated heterocycles. The van der Waals surface area contributed by atoms with Crippen LogP contribution < -0.4 is 4.74 Å². The normalized spacial score (nSPS) is 18.4. The van der Waals surface area contributed by atoms with Crippen LogP contribution in [0.5, 0.6) is 5.75 Å². The zero-order valence-electron chi connectivity index (χ0n) is 13.1. The molecule has 0 aliphatic carbocycles. The molecular formula is C16H25NO3S. The van der Waals surface area contributed by atoms with Crippen molar-refractivity contribution in [2.24, 2.45) is 0 Å². The van der Waals surface area contributed by atoms with Crippen LogP contribution in [0.25, 0.3) is 0 Å². The van der Waals surface area contributed by atoms with Crippen LogP contribution in [0.4, 0.5) is 0 Å². The van der Waals surface area contributed by atoms with Crippen molar-refractivity contribution in [3.8, 4) is 5.75 Å². The molecule has 118 valence electrons. The molecule has 0 N–H and O–H groups in total. The highest BCUT2D eigenvalue weighted by molar-refractivity contribution is 7.89. The van der Waals surface area contributed by atoms with Gasteiger partial charge in [-0.1, -0.05) is 20.3 Å². The average molecular weight is 311 g/mol. The molecule has 1 atom stereocenters. The molecule has 0 saturated carbocycles. The zero-order chi connectivity index (χ0) is 15.5. The van der Waals surface area contributed by atoms with Gasteiger partial charge in [0, 0.05) is 13.1 Å². The summed E-state index contributed by atoms with van der Waals surface area (Å²) in [5.74, 6) is 1.04. The Balaban J connectivity index is 2.39. The van der Waals surface area contributed by atoms with Gasteiger partial charge in [0.05, 0.1) is 12.0 Å². The predicted octanol–water partition coefficient (Wildman–Crippen LogP) is 3.38. The molecule has 1 aromatic carbocycles. The van der Waals surface area contributed by atoms with Gasteiger partial charge in [0.2, 0.25) is 10.0 Å². The molecule has 5 heteroatoms. The number of sulfonamides is 1. The van der Waals surface area contributed by atoms with Crippen LogP contribution in [0.3, 0.4) is 0 Å². The third kappa shape index (κ3) is 3.40. The van der Waals surface area contributed by atoms with E-state index < -0.39 is 10.0 Å². The molecule has 1 fully saturated rings. The quantitative estimate of drug-likeness (QED) is 0.837. The summed E-state index contributed by atoms with van der Waals surface area (Å²) in [7, 11) is -1.75. The van der Waals surface area contributed by atoms with Gasteiger partial charge in [-0.05, 0) is 48.9 Å². The minimum atomic E-state index is -3.37. The van der Waals surface area contributed by atoms with E-state index in [4.69, 9.17) is 4.74 Å². The number of ether oxygens (including phenoxy) is 1. The van der Waals surface area contributed by atoms with Crippen molar-refractivity contribution < 1.29 is 13.2 Å². The van der Waals surface area contributed by atoms with Crippen molar-refractivity contribution >= 4 is 10.0 Å². The topological polar surface area (TPSA) is 46.6 Å². The summed E-state index contributed by atoms with van der Waals surface area (Å²) in [6, 6.07) is 5.23. The highest BCUT2D eigenvalue weighted by Crippen LogP contribution is 2.32. The summed E-state index contributed by atoms with van der Waals surface area (Å²) in [4.78, 5) is 0.389. The number of rotatable bonds is 5. The minimum absolute atomic E-state index is 0.274. The Hall–Kier alpha value is -1.07. The molecule has 1 heterocycles. The lowest BCUT2D eigenvalue weighted by Gasteiger charge is -2.26. The third-order valence-electron chi connectivity index (χ3n) is 4.30. The second-order valence-electron chi connectivity index (χ2n) is 5.68. The standard InChI is InChI=1S/C16H25NO3S/c1-4-13(2)15-12-14(8-9-16(15)20-3)21(18,19)17-10-6-5-7-11-17/h8-9,12-13H,4-7,10-11H2,1-3H3/t13-/m0/s1. The Morgan fingerprint density at radius 2 is 1.90 bits per heavy atom. The summed E-state index contributed by atoms with van der Waals surface area (Å²) < 4.78 is 32.5. The molecule has 1 aromatic rings. The maximum Gasteiger partial charge on any atom is 0.243 e. The molecule has 0 amide bonds.